The molecule has 0 atom stereocenters. The summed E-state index contributed by atoms with van der Waals surface area (Å²) >= 11 is 1.39. The van der Waals surface area contributed by atoms with E-state index in [0.29, 0.717) is 32.3 Å². The molecule has 24 heavy (non-hydrogen) atoms. The summed E-state index contributed by atoms with van der Waals surface area (Å²) in [6, 6.07) is 0.484. The Morgan fingerprint density at radius 1 is 1.29 bits per heavy atom. The molecule has 1 aromatic rings. The largest absolute Gasteiger partial charge is 0.378 e. The lowest BCUT2D eigenvalue weighted by molar-refractivity contribution is -0.140. The first-order valence-electron chi connectivity index (χ1n) is 8.20. The van der Waals surface area contributed by atoms with Crippen LogP contribution in [-0.2, 0) is 14.3 Å². The normalized spacial score (nSPS) is 17.8. The van der Waals surface area contributed by atoms with Crippen molar-refractivity contribution < 1.29 is 14.3 Å². The number of thioether (sulfide) groups is 1. The smallest absolute Gasteiger partial charge is 0.242 e. The van der Waals surface area contributed by atoms with Gasteiger partial charge in [-0.05, 0) is 19.8 Å². The third kappa shape index (κ3) is 4.07. The van der Waals surface area contributed by atoms with Crippen molar-refractivity contribution in [1.82, 2.24) is 24.6 Å². The second-order valence-electron chi connectivity index (χ2n) is 6.16. The SMILES string of the molecule is Cc1nnc(SCC(=O)N(C)CC(=O)N2CCOCC2)n1C1CC1. The van der Waals surface area contributed by atoms with Crippen molar-refractivity contribution >= 4 is 23.6 Å². The van der Waals surface area contributed by atoms with Gasteiger partial charge >= 0.3 is 0 Å². The summed E-state index contributed by atoms with van der Waals surface area (Å²) in [6.07, 6.45) is 2.29. The van der Waals surface area contributed by atoms with Crippen LogP contribution in [0.15, 0.2) is 5.16 Å². The third-order valence-electron chi connectivity index (χ3n) is 4.23. The van der Waals surface area contributed by atoms with Gasteiger partial charge in [-0.3, -0.25) is 9.59 Å². The lowest BCUT2D eigenvalue weighted by atomic mass is 10.4. The average Bonchev–Trinajstić information content (AvgIpc) is 3.36. The molecule has 0 bridgehead atoms. The molecule has 9 heteroatoms. The number of rotatable bonds is 6. The van der Waals surface area contributed by atoms with Gasteiger partial charge in [-0.1, -0.05) is 11.8 Å². The van der Waals surface area contributed by atoms with Crippen LogP contribution in [0.2, 0.25) is 0 Å². The number of hydrogen-bond donors (Lipinski definition) is 0. The van der Waals surface area contributed by atoms with E-state index in [2.05, 4.69) is 14.8 Å². The zero-order valence-electron chi connectivity index (χ0n) is 14.1. The zero-order chi connectivity index (χ0) is 17.1. The Kier molecular flexibility index (Phi) is 5.40. The molecule has 1 saturated heterocycles. The third-order valence-corrected chi connectivity index (χ3v) is 5.16. The van der Waals surface area contributed by atoms with Gasteiger partial charge in [0.05, 0.1) is 25.5 Å². The molecule has 2 heterocycles. The fourth-order valence-corrected chi connectivity index (χ4v) is 3.63. The monoisotopic (exact) mass is 353 g/mol. The number of nitrogens with zero attached hydrogens (tertiary/aromatic N) is 5. The van der Waals surface area contributed by atoms with E-state index in [9.17, 15) is 9.59 Å². The Morgan fingerprint density at radius 3 is 2.67 bits per heavy atom. The van der Waals surface area contributed by atoms with Crippen molar-refractivity contribution in [1.29, 1.82) is 0 Å². The van der Waals surface area contributed by atoms with Gasteiger partial charge in [-0.15, -0.1) is 10.2 Å². The predicted octanol–water partition coefficient (Wildman–Crippen LogP) is 0.331. The number of ether oxygens (including phenoxy) is 1. The predicted molar refractivity (Wildman–Crippen MR) is 88.8 cm³/mol. The number of hydrogen-bond acceptors (Lipinski definition) is 6. The molecular weight excluding hydrogens is 330 g/mol. The quantitative estimate of drug-likeness (QED) is 0.686. The van der Waals surface area contributed by atoms with E-state index in [1.165, 1.54) is 16.7 Å². The summed E-state index contributed by atoms with van der Waals surface area (Å²) < 4.78 is 7.34. The molecule has 132 valence electrons. The standard InChI is InChI=1S/C15H23N5O3S/c1-11-16-17-15(20(11)12-3-4-12)24-10-14(22)18(2)9-13(21)19-5-7-23-8-6-19/h12H,3-10H2,1-2H3. The van der Waals surface area contributed by atoms with Crippen molar-refractivity contribution in [3.63, 3.8) is 0 Å². The summed E-state index contributed by atoms with van der Waals surface area (Å²) in [5.41, 5.74) is 0. The molecule has 0 unspecified atom stereocenters. The van der Waals surface area contributed by atoms with Crippen LogP contribution < -0.4 is 0 Å². The second kappa shape index (κ2) is 7.52. The molecule has 0 radical (unpaired) electrons. The van der Waals surface area contributed by atoms with Gasteiger partial charge < -0.3 is 19.1 Å². The van der Waals surface area contributed by atoms with Gasteiger partial charge in [0.25, 0.3) is 0 Å². The summed E-state index contributed by atoms with van der Waals surface area (Å²) in [5, 5.41) is 9.05. The molecule has 1 aliphatic carbocycles. The lowest BCUT2D eigenvalue weighted by Crippen LogP contribution is -2.46. The topological polar surface area (TPSA) is 80.6 Å². The summed E-state index contributed by atoms with van der Waals surface area (Å²) in [5.74, 6) is 1.04. The Labute approximate surface area is 145 Å². The maximum atomic E-state index is 12.3. The molecule has 2 fully saturated rings. The van der Waals surface area contributed by atoms with Crippen LogP contribution in [-0.4, -0.2) is 82.0 Å². The molecule has 0 aromatic carbocycles. The number of likely N-dealkylation sites (N-methyl/N-ethyl adjacent to an activating group) is 1. The van der Waals surface area contributed by atoms with E-state index in [1.54, 1.807) is 11.9 Å². The van der Waals surface area contributed by atoms with E-state index >= 15 is 0 Å². The minimum absolute atomic E-state index is 0.0314. The van der Waals surface area contributed by atoms with Crippen LogP contribution in [0.25, 0.3) is 0 Å². The van der Waals surface area contributed by atoms with E-state index in [1.807, 2.05) is 6.92 Å². The van der Waals surface area contributed by atoms with Crippen molar-refractivity contribution in [3.05, 3.63) is 5.82 Å². The van der Waals surface area contributed by atoms with Gasteiger partial charge in [0, 0.05) is 26.2 Å². The maximum Gasteiger partial charge on any atom is 0.242 e. The Morgan fingerprint density at radius 2 is 2.00 bits per heavy atom. The van der Waals surface area contributed by atoms with Gasteiger partial charge in [-0.25, -0.2) is 0 Å². The number of carbonyl (C=O) groups is 2. The minimum Gasteiger partial charge on any atom is -0.378 e. The van der Waals surface area contributed by atoms with Crippen LogP contribution in [0.4, 0.5) is 0 Å². The summed E-state index contributed by atoms with van der Waals surface area (Å²) in [7, 11) is 1.66. The fourth-order valence-electron chi connectivity index (χ4n) is 2.64. The highest BCUT2D eigenvalue weighted by molar-refractivity contribution is 7.99. The first-order valence-corrected chi connectivity index (χ1v) is 9.18. The highest BCUT2D eigenvalue weighted by atomic mass is 32.2. The van der Waals surface area contributed by atoms with Crippen molar-refractivity contribution in [2.24, 2.45) is 0 Å². The van der Waals surface area contributed by atoms with E-state index in [4.69, 9.17) is 4.74 Å². The average molecular weight is 353 g/mol. The minimum atomic E-state index is -0.0791. The maximum absolute atomic E-state index is 12.3. The molecule has 3 rings (SSSR count). The molecule has 2 amide bonds. The number of aromatic nitrogens is 3. The van der Waals surface area contributed by atoms with Crippen molar-refractivity contribution in [3.8, 4) is 0 Å². The van der Waals surface area contributed by atoms with Crippen molar-refractivity contribution in [2.45, 2.75) is 31.0 Å². The molecule has 8 nitrogen and oxygen atoms in total. The van der Waals surface area contributed by atoms with Gasteiger partial charge in [-0.2, -0.15) is 0 Å². The molecule has 0 N–H and O–H groups in total. The van der Waals surface area contributed by atoms with Crippen molar-refractivity contribution in [2.75, 3.05) is 45.6 Å². The first-order chi connectivity index (χ1) is 11.6. The molecule has 1 aliphatic heterocycles. The summed E-state index contributed by atoms with van der Waals surface area (Å²) in [4.78, 5) is 27.7. The Hall–Kier alpha value is -1.61. The van der Waals surface area contributed by atoms with E-state index in [-0.39, 0.29) is 24.1 Å². The molecule has 1 aromatic heterocycles. The van der Waals surface area contributed by atoms with Crippen LogP contribution in [0.3, 0.4) is 0 Å². The van der Waals surface area contributed by atoms with E-state index < -0.39 is 0 Å². The first kappa shape index (κ1) is 17.2. The lowest BCUT2D eigenvalue weighted by Gasteiger charge is -2.28. The molecule has 2 aliphatic rings. The van der Waals surface area contributed by atoms with Gasteiger partial charge in [0.1, 0.15) is 5.82 Å². The second-order valence-corrected chi connectivity index (χ2v) is 7.11. The van der Waals surface area contributed by atoms with Gasteiger partial charge in [0.2, 0.25) is 11.8 Å². The Bertz CT molecular complexity index is 610. The molecule has 1 saturated carbocycles. The van der Waals surface area contributed by atoms with Crippen LogP contribution >= 0.6 is 11.8 Å². The number of aryl methyl sites for hydroxylation is 1. The van der Waals surface area contributed by atoms with Crippen LogP contribution in [0.5, 0.6) is 0 Å². The highest BCUT2D eigenvalue weighted by Gasteiger charge is 2.29. The molecular formula is C15H23N5O3S. The van der Waals surface area contributed by atoms with E-state index in [0.717, 1.165) is 23.8 Å². The fraction of sp³-hybridized carbons (Fsp3) is 0.733. The molecule has 0 spiro atoms. The van der Waals surface area contributed by atoms with Gasteiger partial charge in [0.15, 0.2) is 5.16 Å². The number of carbonyl (C=O) groups excluding carboxylic acids is 2. The zero-order valence-corrected chi connectivity index (χ0v) is 14.9. The summed E-state index contributed by atoms with van der Waals surface area (Å²) in [6.45, 7) is 4.36. The highest BCUT2D eigenvalue weighted by Crippen LogP contribution is 2.38. The Balaban J connectivity index is 1.48. The number of morpholine rings is 1. The van der Waals surface area contributed by atoms with Crippen LogP contribution in [0, 0.1) is 6.92 Å². The van der Waals surface area contributed by atoms with Crippen LogP contribution in [0.1, 0.15) is 24.7 Å². The number of amides is 2.